The summed E-state index contributed by atoms with van der Waals surface area (Å²) in [5.74, 6) is 0.0681. The van der Waals surface area contributed by atoms with Gasteiger partial charge in [0.25, 0.3) is 0 Å². The first kappa shape index (κ1) is 17.4. The highest BCUT2D eigenvalue weighted by molar-refractivity contribution is 7.98. The zero-order chi connectivity index (χ0) is 17.6. The number of benzene rings is 2. The topological polar surface area (TPSA) is 61.4 Å². The summed E-state index contributed by atoms with van der Waals surface area (Å²) >= 11 is 1.62. The molecule has 3 rings (SSSR count). The van der Waals surface area contributed by atoms with Crippen LogP contribution < -0.4 is 10.6 Å². The number of hydrogen-bond donors (Lipinski definition) is 2. The van der Waals surface area contributed by atoms with Crippen molar-refractivity contribution in [2.75, 3.05) is 18.1 Å². The van der Waals surface area contributed by atoms with Crippen LogP contribution in [0.1, 0.15) is 12.0 Å². The fraction of sp³-hybridized carbons (Fsp3) is 0.263. The van der Waals surface area contributed by atoms with Gasteiger partial charge in [-0.25, -0.2) is 4.79 Å². The van der Waals surface area contributed by atoms with Crippen LogP contribution in [0.25, 0.3) is 0 Å². The van der Waals surface area contributed by atoms with Crippen LogP contribution in [0.4, 0.5) is 10.5 Å². The number of carbonyl (C=O) groups is 2. The average Bonchev–Trinajstić information content (AvgIpc) is 2.94. The van der Waals surface area contributed by atoms with Gasteiger partial charge in [-0.05, 0) is 30.0 Å². The second kappa shape index (κ2) is 8.07. The van der Waals surface area contributed by atoms with Crippen LogP contribution >= 0.6 is 11.8 Å². The van der Waals surface area contributed by atoms with Gasteiger partial charge in [-0.3, -0.25) is 4.79 Å². The molecule has 1 heterocycles. The van der Waals surface area contributed by atoms with E-state index in [-0.39, 0.29) is 18.0 Å². The van der Waals surface area contributed by atoms with Gasteiger partial charge in [0.2, 0.25) is 5.91 Å². The Bertz CT molecular complexity index is 751. The van der Waals surface area contributed by atoms with E-state index < -0.39 is 0 Å². The molecule has 3 amide bonds. The van der Waals surface area contributed by atoms with Gasteiger partial charge in [-0.1, -0.05) is 36.4 Å². The molecule has 1 unspecified atom stereocenters. The third kappa shape index (κ3) is 4.76. The molecular weight excluding hydrogens is 334 g/mol. The van der Waals surface area contributed by atoms with Crippen molar-refractivity contribution in [1.82, 2.24) is 10.2 Å². The minimum Gasteiger partial charge on any atom is -0.336 e. The second-order valence-corrected chi connectivity index (χ2v) is 6.87. The van der Waals surface area contributed by atoms with Crippen LogP contribution in [-0.2, 0) is 11.3 Å². The molecule has 5 nitrogen and oxygen atoms in total. The summed E-state index contributed by atoms with van der Waals surface area (Å²) in [6.45, 7) is 1.11. The molecule has 1 fully saturated rings. The normalized spacial score (nSPS) is 16.8. The smallest absolute Gasteiger partial charge is 0.319 e. The lowest BCUT2D eigenvalue weighted by Gasteiger charge is -2.17. The van der Waals surface area contributed by atoms with E-state index >= 15 is 0 Å². The molecule has 0 saturated carbocycles. The molecule has 25 heavy (non-hydrogen) atoms. The summed E-state index contributed by atoms with van der Waals surface area (Å²) in [5.41, 5.74) is 1.84. The Kier molecular flexibility index (Phi) is 5.60. The number of thioether (sulfide) groups is 1. The van der Waals surface area contributed by atoms with E-state index in [1.54, 1.807) is 16.7 Å². The predicted octanol–water partition coefficient (Wildman–Crippen LogP) is 3.33. The largest absolute Gasteiger partial charge is 0.336 e. The molecule has 1 aliphatic rings. The highest BCUT2D eigenvalue weighted by Gasteiger charge is 2.30. The standard InChI is InChI=1S/C19H21N3O2S/c1-25-17-9-5-8-15(10-17)20-19(24)21-16-11-18(23)22(13-16)12-14-6-3-2-4-7-14/h2-10,16H,11-13H2,1H3,(H2,20,21,24). The summed E-state index contributed by atoms with van der Waals surface area (Å²) in [7, 11) is 0. The average molecular weight is 355 g/mol. The first-order valence-corrected chi connectivity index (χ1v) is 9.40. The quantitative estimate of drug-likeness (QED) is 0.809. The number of urea groups is 1. The van der Waals surface area contributed by atoms with Gasteiger partial charge in [0.05, 0.1) is 6.04 Å². The van der Waals surface area contributed by atoms with E-state index in [9.17, 15) is 9.59 Å². The third-order valence-corrected chi connectivity index (χ3v) is 4.82. The minimum atomic E-state index is -0.280. The fourth-order valence-electron chi connectivity index (χ4n) is 2.88. The van der Waals surface area contributed by atoms with Crippen molar-refractivity contribution in [3.63, 3.8) is 0 Å². The third-order valence-electron chi connectivity index (χ3n) is 4.09. The Labute approximate surface area is 151 Å². The maximum atomic E-state index is 12.2. The van der Waals surface area contributed by atoms with Crippen LogP contribution in [0.5, 0.6) is 0 Å². The number of likely N-dealkylation sites (tertiary alicyclic amines) is 1. The van der Waals surface area contributed by atoms with Gasteiger partial charge in [0.15, 0.2) is 0 Å². The summed E-state index contributed by atoms with van der Waals surface area (Å²) in [6, 6.07) is 17.1. The molecule has 0 bridgehead atoms. The van der Waals surface area contributed by atoms with Crippen LogP contribution in [0.2, 0.25) is 0 Å². The molecule has 2 aromatic carbocycles. The zero-order valence-corrected chi connectivity index (χ0v) is 14.9. The number of nitrogens with zero attached hydrogens (tertiary/aromatic N) is 1. The van der Waals surface area contributed by atoms with E-state index in [1.165, 1.54) is 0 Å². The number of amides is 3. The lowest BCUT2D eigenvalue weighted by Crippen LogP contribution is -2.39. The monoisotopic (exact) mass is 355 g/mol. The van der Waals surface area contributed by atoms with Gasteiger partial charge in [-0.15, -0.1) is 11.8 Å². The molecule has 0 radical (unpaired) electrons. The first-order valence-electron chi connectivity index (χ1n) is 8.17. The van der Waals surface area contributed by atoms with Crippen LogP contribution in [0, 0.1) is 0 Å². The Morgan fingerprint density at radius 1 is 1.20 bits per heavy atom. The lowest BCUT2D eigenvalue weighted by atomic mass is 10.2. The molecule has 0 aromatic heterocycles. The number of nitrogens with one attached hydrogen (secondary N) is 2. The van der Waals surface area contributed by atoms with Crippen molar-refractivity contribution in [2.24, 2.45) is 0 Å². The van der Waals surface area contributed by atoms with Crippen molar-refractivity contribution < 1.29 is 9.59 Å². The van der Waals surface area contributed by atoms with Gasteiger partial charge >= 0.3 is 6.03 Å². The van der Waals surface area contributed by atoms with Crippen molar-refractivity contribution >= 4 is 29.4 Å². The van der Waals surface area contributed by atoms with Crippen molar-refractivity contribution in [3.05, 3.63) is 60.2 Å². The highest BCUT2D eigenvalue weighted by atomic mass is 32.2. The summed E-state index contributed by atoms with van der Waals surface area (Å²) in [5, 5.41) is 5.72. The van der Waals surface area contributed by atoms with Crippen molar-refractivity contribution in [2.45, 2.75) is 23.9 Å². The van der Waals surface area contributed by atoms with E-state index in [0.29, 0.717) is 19.5 Å². The zero-order valence-electron chi connectivity index (χ0n) is 14.1. The molecular formula is C19H21N3O2S. The lowest BCUT2D eigenvalue weighted by molar-refractivity contribution is -0.128. The molecule has 2 aromatic rings. The molecule has 0 spiro atoms. The van der Waals surface area contributed by atoms with E-state index in [2.05, 4.69) is 10.6 Å². The van der Waals surface area contributed by atoms with E-state index in [4.69, 9.17) is 0 Å². The first-order chi connectivity index (χ1) is 12.1. The maximum Gasteiger partial charge on any atom is 0.319 e. The van der Waals surface area contributed by atoms with Crippen LogP contribution in [0.3, 0.4) is 0 Å². The summed E-state index contributed by atoms with van der Waals surface area (Å²) in [6.07, 6.45) is 2.33. The summed E-state index contributed by atoms with van der Waals surface area (Å²) < 4.78 is 0. The van der Waals surface area contributed by atoms with Gasteiger partial charge in [0, 0.05) is 30.1 Å². The number of hydrogen-bond acceptors (Lipinski definition) is 3. The van der Waals surface area contributed by atoms with E-state index in [0.717, 1.165) is 16.1 Å². The Hall–Kier alpha value is -2.47. The molecule has 1 saturated heterocycles. The highest BCUT2D eigenvalue weighted by Crippen LogP contribution is 2.19. The minimum absolute atomic E-state index is 0.0681. The molecule has 1 aliphatic heterocycles. The molecule has 0 aliphatic carbocycles. The van der Waals surface area contributed by atoms with Crippen LogP contribution in [-0.4, -0.2) is 35.7 Å². The number of anilines is 1. The van der Waals surface area contributed by atoms with Crippen molar-refractivity contribution in [3.8, 4) is 0 Å². The van der Waals surface area contributed by atoms with Crippen molar-refractivity contribution in [1.29, 1.82) is 0 Å². The molecule has 2 N–H and O–H groups in total. The summed E-state index contributed by atoms with van der Waals surface area (Å²) in [4.78, 5) is 27.2. The number of carbonyl (C=O) groups excluding carboxylic acids is 2. The second-order valence-electron chi connectivity index (χ2n) is 5.99. The fourth-order valence-corrected chi connectivity index (χ4v) is 3.34. The van der Waals surface area contributed by atoms with Gasteiger partial charge in [-0.2, -0.15) is 0 Å². The molecule has 6 heteroatoms. The van der Waals surface area contributed by atoms with E-state index in [1.807, 2.05) is 60.9 Å². The SMILES string of the molecule is CSc1cccc(NC(=O)NC2CC(=O)N(Cc3ccccc3)C2)c1. The Morgan fingerprint density at radius 2 is 2.00 bits per heavy atom. The van der Waals surface area contributed by atoms with Gasteiger partial charge in [0.1, 0.15) is 0 Å². The maximum absolute atomic E-state index is 12.2. The van der Waals surface area contributed by atoms with Crippen LogP contribution in [0.15, 0.2) is 59.5 Å². The predicted molar refractivity (Wildman–Crippen MR) is 101 cm³/mol. The number of rotatable bonds is 5. The molecule has 1 atom stereocenters. The van der Waals surface area contributed by atoms with Gasteiger partial charge < -0.3 is 15.5 Å². The Balaban J connectivity index is 1.53. The Morgan fingerprint density at radius 3 is 2.76 bits per heavy atom. The molecule has 130 valence electrons.